The minimum absolute atomic E-state index is 0.0829. The van der Waals surface area contributed by atoms with Crippen LogP contribution in [-0.4, -0.2) is 19.0 Å². The topological polar surface area (TPSA) is 18.5 Å². The quantitative estimate of drug-likeness (QED) is 0.0807. The number of halogens is 5. The van der Waals surface area contributed by atoms with E-state index < -0.39 is 46.4 Å². The molecule has 1 aliphatic carbocycles. The van der Waals surface area contributed by atoms with E-state index in [0.717, 1.165) is 25.7 Å². The van der Waals surface area contributed by atoms with Gasteiger partial charge in [0.25, 0.3) is 0 Å². The Morgan fingerprint density at radius 2 is 1.32 bits per heavy atom. The van der Waals surface area contributed by atoms with Crippen LogP contribution in [0.15, 0.2) is 30.3 Å². The van der Waals surface area contributed by atoms with Crippen LogP contribution in [-0.2, 0) is 9.47 Å². The van der Waals surface area contributed by atoms with Crippen LogP contribution >= 0.6 is 0 Å². The van der Waals surface area contributed by atoms with Gasteiger partial charge in [-0.3, -0.25) is 0 Å². The molecule has 204 valence electrons. The molecule has 2 aromatic carbocycles. The summed E-state index contributed by atoms with van der Waals surface area (Å²) in [5.74, 6) is -10.7. The minimum Gasteiger partial charge on any atom is -0.350 e. The van der Waals surface area contributed by atoms with Crippen molar-refractivity contribution in [3.8, 4) is 0 Å². The van der Waals surface area contributed by atoms with E-state index in [-0.39, 0.29) is 11.8 Å². The molecule has 3 atom stereocenters. The SMILES string of the molecule is CCOC(C)(OCC)C(CCCCCCC(C)c1c(F)c(F)c(F)c(F)c1F)C1C=Cc2ccccc21. The molecule has 3 rings (SSSR count). The zero-order valence-corrected chi connectivity index (χ0v) is 22.1. The van der Waals surface area contributed by atoms with Gasteiger partial charge in [-0.05, 0) is 50.7 Å². The first-order chi connectivity index (χ1) is 17.7. The van der Waals surface area contributed by atoms with Crippen LogP contribution in [0, 0.1) is 35.0 Å². The van der Waals surface area contributed by atoms with Gasteiger partial charge in [-0.15, -0.1) is 0 Å². The lowest BCUT2D eigenvalue weighted by Crippen LogP contribution is -2.43. The number of hydrogen-bond acceptors (Lipinski definition) is 2. The third-order valence-electron chi connectivity index (χ3n) is 7.45. The van der Waals surface area contributed by atoms with E-state index >= 15 is 0 Å². The molecule has 0 fully saturated rings. The molecule has 0 N–H and O–H groups in total. The number of ether oxygens (including phenoxy) is 2. The summed E-state index contributed by atoms with van der Waals surface area (Å²) in [4.78, 5) is 0. The lowest BCUT2D eigenvalue weighted by atomic mass is 9.78. The first kappa shape index (κ1) is 29.3. The smallest absolute Gasteiger partial charge is 0.200 e. The molecule has 2 aromatic rings. The zero-order chi connectivity index (χ0) is 27.2. The maximum atomic E-state index is 14.1. The van der Waals surface area contributed by atoms with Crippen LogP contribution in [0.2, 0.25) is 0 Å². The standard InChI is InChI=1S/C30H37F5O2/c1-5-36-30(4,37-6-2)23(22-18-17-20-14-11-12-15-21(20)22)16-10-8-7-9-13-19(3)24-25(31)27(33)29(35)28(34)26(24)32/h11-12,14-15,17-19,22-23H,5-10,13,16H2,1-4H3. The second kappa shape index (κ2) is 13.0. The Kier molecular flexibility index (Phi) is 10.3. The van der Waals surface area contributed by atoms with Gasteiger partial charge < -0.3 is 9.47 Å². The van der Waals surface area contributed by atoms with Crippen LogP contribution in [0.25, 0.3) is 6.08 Å². The highest BCUT2D eigenvalue weighted by molar-refractivity contribution is 5.62. The molecule has 0 aliphatic heterocycles. The Bertz CT molecular complexity index is 1050. The summed E-state index contributed by atoms with van der Waals surface area (Å²) in [5.41, 5.74) is 1.73. The van der Waals surface area contributed by atoms with E-state index in [2.05, 4.69) is 24.3 Å². The lowest BCUT2D eigenvalue weighted by Gasteiger charge is -2.40. The maximum absolute atomic E-state index is 14.1. The average molecular weight is 525 g/mol. The van der Waals surface area contributed by atoms with Crippen LogP contribution in [0.3, 0.4) is 0 Å². The molecule has 3 unspecified atom stereocenters. The molecule has 37 heavy (non-hydrogen) atoms. The highest BCUT2D eigenvalue weighted by atomic mass is 19.2. The van der Waals surface area contributed by atoms with Crippen molar-refractivity contribution in [2.24, 2.45) is 5.92 Å². The Morgan fingerprint density at radius 1 is 0.784 bits per heavy atom. The maximum Gasteiger partial charge on any atom is 0.200 e. The molecule has 0 heterocycles. The van der Waals surface area contributed by atoms with Crippen LogP contribution in [0.1, 0.15) is 94.7 Å². The molecule has 1 aliphatic rings. The van der Waals surface area contributed by atoms with E-state index in [9.17, 15) is 22.0 Å². The summed E-state index contributed by atoms with van der Waals surface area (Å²) in [6.07, 6.45) is 8.71. The van der Waals surface area contributed by atoms with E-state index in [1.807, 2.05) is 32.9 Å². The van der Waals surface area contributed by atoms with Gasteiger partial charge in [-0.2, -0.15) is 0 Å². The molecule has 0 bridgehead atoms. The fraction of sp³-hybridized carbons (Fsp3) is 0.533. The number of rotatable bonds is 14. The fourth-order valence-electron chi connectivity index (χ4n) is 5.59. The van der Waals surface area contributed by atoms with Gasteiger partial charge in [-0.25, -0.2) is 22.0 Å². The Morgan fingerprint density at radius 3 is 1.92 bits per heavy atom. The summed E-state index contributed by atoms with van der Waals surface area (Å²) in [7, 11) is 0. The number of fused-ring (bicyclic) bond motifs is 1. The molecular weight excluding hydrogens is 487 g/mol. The van der Waals surface area contributed by atoms with Gasteiger partial charge in [0.2, 0.25) is 5.82 Å². The summed E-state index contributed by atoms with van der Waals surface area (Å²) in [6.45, 7) is 8.47. The van der Waals surface area contributed by atoms with Crippen molar-refractivity contribution in [2.75, 3.05) is 13.2 Å². The molecule has 7 heteroatoms. The lowest BCUT2D eigenvalue weighted by molar-refractivity contribution is -0.255. The highest BCUT2D eigenvalue weighted by Crippen LogP contribution is 2.44. The van der Waals surface area contributed by atoms with Crippen molar-refractivity contribution in [3.05, 3.63) is 76.1 Å². The van der Waals surface area contributed by atoms with E-state index in [1.54, 1.807) is 0 Å². The van der Waals surface area contributed by atoms with E-state index in [4.69, 9.17) is 9.47 Å². The van der Waals surface area contributed by atoms with Crippen LogP contribution < -0.4 is 0 Å². The average Bonchev–Trinajstić information content (AvgIpc) is 3.30. The molecular formula is C30H37F5O2. The van der Waals surface area contributed by atoms with Gasteiger partial charge in [0.1, 0.15) is 0 Å². The second-order valence-electron chi connectivity index (χ2n) is 9.88. The molecule has 0 saturated heterocycles. The summed E-state index contributed by atoms with van der Waals surface area (Å²) in [6, 6.07) is 8.32. The first-order valence-corrected chi connectivity index (χ1v) is 13.2. The zero-order valence-electron chi connectivity index (χ0n) is 22.1. The monoisotopic (exact) mass is 524 g/mol. The van der Waals surface area contributed by atoms with Crippen molar-refractivity contribution in [3.63, 3.8) is 0 Å². The van der Waals surface area contributed by atoms with E-state index in [1.165, 1.54) is 18.1 Å². The van der Waals surface area contributed by atoms with Crippen molar-refractivity contribution < 1.29 is 31.4 Å². The second-order valence-corrected chi connectivity index (χ2v) is 9.88. The Labute approximate surface area is 216 Å². The van der Waals surface area contributed by atoms with Crippen molar-refractivity contribution in [2.45, 2.75) is 83.8 Å². The van der Waals surface area contributed by atoms with Crippen LogP contribution in [0.4, 0.5) is 22.0 Å². The predicted octanol–water partition coefficient (Wildman–Crippen LogP) is 9.04. The van der Waals surface area contributed by atoms with Crippen LogP contribution in [0.5, 0.6) is 0 Å². The van der Waals surface area contributed by atoms with Gasteiger partial charge in [0, 0.05) is 30.6 Å². The van der Waals surface area contributed by atoms with Crippen molar-refractivity contribution >= 4 is 6.08 Å². The van der Waals surface area contributed by atoms with Gasteiger partial charge in [0.05, 0.1) is 0 Å². The number of unbranched alkanes of at least 4 members (excludes halogenated alkanes) is 3. The van der Waals surface area contributed by atoms with Gasteiger partial charge in [0.15, 0.2) is 29.1 Å². The number of benzene rings is 2. The van der Waals surface area contributed by atoms with Gasteiger partial charge in [-0.1, -0.05) is 69.0 Å². The minimum atomic E-state index is -2.12. The highest BCUT2D eigenvalue weighted by Gasteiger charge is 2.41. The summed E-state index contributed by atoms with van der Waals surface area (Å²) < 4.78 is 81.0. The molecule has 0 saturated carbocycles. The number of hydrogen-bond donors (Lipinski definition) is 0. The molecule has 0 aromatic heterocycles. The third-order valence-corrected chi connectivity index (χ3v) is 7.45. The third kappa shape index (κ3) is 6.43. The Hall–Kier alpha value is -2.25. The normalized spacial score (nSPS) is 16.7. The Balaban J connectivity index is 1.61. The molecule has 0 spiro atoms. The van der Waals surface area contributed by atoms with E-state index in [0.29, 0.717) is 26.1 Å². The van der Waals surface area contributed by atoms with Gasteiger partial charge >= 0.3 is 0 Å². The first-order valence-electron chi connectivity index (χ1n) is 13.2. The van der Waals surface area contributed by atoms with Crippen molar-refractivity contribution in [1.82, 2.24) is 0 Å². The van der Waals surface area contributed by atoms with Crippen molar-refractivity contribution in [1.29, 1.82) is 0 Å². The molecule has 2 nitrogen and oxygen atoms in total. The molecule has 0 radical (unpaired) electrons. The molecule has 0 amide bonds. The summed E-state index contributed by atoms with van der Waals surface area (Å²) >= 11 is 0. The fourth-order valence-corrected chi connectivity index (χ4v) is 5.59. The largest absolute Gasteiger partial charge is 0.350 e. The number of allylic oxidation sites excluding steroid dienone is 1. The summed E-state index contributed by atoms with van der Waals surface area (Å²) in [5, 5.41) is 0. The predicted molar refractivity (Wildman–Crippen MR) is 136 cm³/mol.